The predicted octanol–water partition coefficient (Wildman–Crippen LogP) is 3.69. The monoisotopic (exact) mass is 340 g/mol. The molecule has 3 rings (SSSR count). The number of aromatic nitrogens is 2. The molecule has 0 radical (unpaired) electrons. The molecule has 1 aromatic heterocycles. The normalized spacial score (nSPS) is 12.0. The maximum Gasteiger partial charge on any atom is 0.186 e. The molecule has 0 atom stereocenters. The van der Waals surface area contributed by atoms with E-state index in [0.29, 0.717) is 0 Å². The van der Waals surface area contributed by atoms with Crippen LogP contribution in [0.1, 0.15) is 5.56 Å². The Hall–Kier alpha value is -2.58. The van der Waals surface area contributed by atoms with Gasteiger partial charge >= 0.3 is 0 Å². The first-order chi connectivity index (χ1) is 11.0. The second-order valence-corrected chi connectivity index (χ2v) is 4.92. The van der Waals surface area contributed by atoms with Gasteiger partial charge in [-0.2, -0.15) is 0 Å². The molecule has 3 aromatic rings. The van der Waals surface area contributed by atoms with E-state index >= 15 is 0 Å². The minimum atomic E-state index is -1.15. The molecule has 0 amide bonds. The Kier molecular flexibility index (Phi) is 3.93. The third-order valence-corrected chi connectivity index (χ3v) is 3.39. The number of nitrogens with one attached hydrogen (secondary N) is 2. The summed E-state index contributed by atoms with van der Waals surface area (Å²) in [6, 6.07) is 4.47. The van der Waals surface area contributed by atoms with Gasteiger partial charge in [0.05, 0.1) is 22.6 Å². The largest absolute Gasteiger partial charge is 0.344 e. The second kappa shape index (κ2) is 5.90. The molecule has 0 fully saturated rings. The average molecular weight is 341 g/mol. The molecule has 0 saturated heterocycles. The van der Waals surface area contributed by atoms with Crippen molar-refractivity contribution in [1.29, 1.82) is 0 Å². The van der Waals surface area contributed by atoms with E-state index in [4.69, 9.17) is 11.6 Å². The van der Waals surface area contributed by atoms with E-state index in [2.05, 4.69) is 15.0 Å². The van der Waals surface area contributed by atoms with Crippen LogP contribution in [0.2, 0.25) is 5.02 Å². The molecule has 0 bridgehead atoms. The number of hydroxylamine groups is 1. The van der Waals surface area contributed by atoms with Crippen molar-refractivity contribution in [3.05, 3.63) is 58.6 Å². The summed E-state index contributed by atoms with van der Waals surface area (Å²) in [5.41, 5.74) is 1.95. The highest BCUT2D eigenvalue weighted by Crippen LogP contribution is 2.25. The lowest BCUT2D eigenvalue weighted by Crippen LogP contribution is -2.21. The van der Waals surface area contributed by atoms with Gasteiger partial charge in [-0.3, -0.25) is 10.7 Å². The Morgan fingerprint density at radius 3 is 2.70 bits per heavy atom. The van der Waals surface area contributed by atoms with Crippen LogP contribution in [0.3, 0.4) is 0 Å². The van der Waals surface area contributed by atoms with Crippen molar-refractivity contribution in [2.24, 2.45) is 4.99 Å². The summed E-state index contributed by atoms with van der Waals surface area (Å²) in [5, 5.41) is 9.12. The first-order valence-electron chi connectivity index (χ1n) is 6.26. The number of benzene rings is 2. The Balaban J connectivity index is 2.18. The molecule has 118 valence electrons. The third-order valence-electron chi connectivity index (χ3n) is 3.10. The molecule has 5 nitrogen and oxygen atoms in total. The number of aliphatic imine (C=N–C) groups is 1. The summed E-state index contributed by atoms with van der Waals surface area (Å²) in [5.74, 6) is -3.10. The summed E-state index contributed by atoms with van der Waals surface area (Å²) in [7, 11) is 0. The van der Waals surface area contributed by atoms with Gasteiger partial charge in [0, 0.05) is 5.56 Å². The average Bonchev–Trinajstić information content (AvgIpc) is 3.02. The summed E-state index contributed by atoms with van der Waals surface area (Å²) in [6.45, 7) is 0. The zero-order valence-corrected chi connectivity index (χ0v) is 12.0. The number of H-pyrrole nitrogens is 1. The molecule has 0 aliphatic carbocycles. The zero-order chi connectivity index (χ0) is 16.6. The van der Waals surface area contributed by atoms with Gasteiger partial charge in [0.1, 0.15) is 11.3 Å². The molecule has 2 aromatic carbocycles. The number of imidazole rings is 1. The molecule has 0 aliphatic heterocycles. The van der Waals surface area contributed by atoms with E-state index < -0.39 is 17.5 Å². The Labute approximate surface area is 132 Å². The van der Waals surface area contributed by atoms with Gasteiger partial charge in [-0.25, -0.2) is 23.1 Å². The van der Waals surface area contributed by atoms with Crippen LogP contribution in [0, 0.1) is 17.5 Å². The lowest BCUT2D eigenvalue weighted by molar-refractivity contribution is 0.235. The number of fused-ring (bicyclic) bond motifs is 1. The molecule has 0 saturated carbocycles. The number of hydrogen-bond acceptors (Lipinski definition) is 3. The molecular formula is C14H8ClF3N4O. The molecule has 9 heteroatoms. The van der Waals surface area contributed by atoms with Crippen LogP contribution in [0.5, 0.6) is 0 Å². The van der Waals surface area contributed by atoms with Crippen molar-refractivity contribution in [1.82, 2.24) is 15.4 Å². The lowest BCUT2D eigenvalue weighted by Gasteiger charge is -2.08. The molecule has 1 heterocycles. The zero-order valence-electron chi connectivity index (χ0n) is 11.2. The fourth-order valence-corrected chi connectivity index (χ4v) is 2.23. The SMILES string of the molecule is ONC(=Nc1ccc(F)c(Cl)c1)c1cc(F)c(F)c2nc[nH]c12. The number of nitrogens with zero attached hydrogens (tertiary/aromatic N) is 2. The van der Waals surface area contributed by atoms with E-state index in [9.17, 15) is 18.4 Å². The van der Waals surface area contributed by atoms with Gasteiger partial charge < -0.3 is 4.98 Å². The van der Waals surface area contributed by atoms with Crippen LogP contribution < -0.4 is 5.48 Å². The minimum absolute atomic E-state index is 0.0411. The van der Waals surface area contributed by atoms with Gasteiger partial charge in [0.25, 0.3) is 0 Å². The summed E-state index contributed by atoms with van der Waals surface area (Å²) in [4.78, 5) is 10.3. The maximum atomic E-state index is 13.7. The van der Waals surface area contributed by atoms with Crippen molar-refractivity contribution < 1.29 is 18.4 Å². The van der Waals surface area contributed by atoms with Crippen molar-refractivity contribution >= 4 is 34.2 Å². The molecule has 3 N–H and O–H groups in total. The lowest BCUT2D eigenvalue weighted by atomic mass is 10.1. The van der Waals surface area contributed by atoms with E-state index in [0.717, 1.165) is 12.1 Å². The number of amidine groups is 1. The van der Waals surface area contributed by atoms with Crippen molar-refractivity contribution in [3.63, 3.8) is 0 Å². The quantitative estimate of drug-likeness (QED) is 0.378. The first-order valence-corrected chi connectivity index (χ1v) is 6.64. The molecule has 0 spiro atoms. The van der Waals surface area contributed by atoms with E-state index in [1.54, 1.807) is 5.48 Å². The number of aromatic amines is 1. The molecular weight excluding hydrogens is 333 g/mol. The van der Waals surface area contributed by atoms with Gasteiger partial charge in [0.2, 0.25) is 0 Å². The Morgan fingerprint density at radius 2 is 2.00 bits per heavy atom. The van der Waals surface area contributed by atoms with Crippen LogP contribution in [-0.2, 0) is 0 Å². The Morgan fingerprint density at radius 1 is 1.22 bits per heavy atom. The summed E-state index contributed by atoms with van der Waals surface area (Å²) < 4.78 is 40.5. The van der Waals surface area contributed by atoms with Crippen LogP contribution in [0.25, 0.3) is 11.0 Å². The van der Waals surface area contributed by atoms with Gasteiger partial charge in [-0.1, -0.05) is 11.6 Å². The van der Waals surface area contributed by atoms with Crippen LogP contribution in [-0.4, -0.2) is 21.0 Å². The number of hydrogen-bond donors (Lipinski definition) is 3. The van der Waals surface area contributed by atoms with Crippen LogP contribution in [0.4, 0.5) is 18.9 Å². The van der Waals surface area contributed by atoms with Crippen molar-refractivity contribution in [2.45, 2.75) is 0 Å². The topological polar surface area (TPSA) is 73.3 Å². The third kappa shape index (κ3) is 2.73. The van der Waals surface area contributed by atoms with E-state index in [1.165, 1.54) is 18.5 Å². The van der Waals surface area contributed by atoms with Crippen molar-refractivity contribution in [2.75, 3.05) is 0 Å². The summed E-state index contributed by atoms with van der Waals surface area (Å²) in [6.07, 6.45) is 1.18. The fraction of sp³-hybridized carbons (Fsp3) is 0. The van der Waals surface area contributed by atoms with Crippen molar-refractivity contribution in [3.8, 4) is 0 Å². The van der Waals surface area contributed by atoms with Gasteiger partial charge in [0.15, 0.2) is 17.5 Å². The smallest absolute Gasteiger partial charge is 0.186 e. The minimum Gasteiger partial charge on any atom is -0.344 e. The standard InChI is InChI=1S/C14H8ClF3N4O/c15-8-3-6(1-2-9(8)16)21-14(22-23)7-4-10(17)11(18)13-12(7)19-5-20-13/h1-5,23H,(H,19,20)(H,21,22). The first kappa shape index (κ1) is 15.3. The van der Waals surface area contributed by atoms with Crippen LogP contribution in [0.15, 0.2) is 35.6 Å². The predicted molar refractivity (Wildman–Crippen MR) is 78.5 cm³/mol. The molecule has 0 unspecified atom stereocenters. The van der Waals surface area contributed by atoms with E-state index in [-0.39, 0.29) is 33.1 Å². The fourth-order valence-electron chi connectivity index (χ4n) is 2.06. The summed E-state index contributed by atoms with van der Waals surface area (Å²) >= 11 is 5.66. The highest BCUT2D eigenvalue weighted by Gasteiger charge is 2.18. The maximum absolute atomic E-state index is 13.7. The van der Waals surface area contributed by atoms with Gasteiger partial charge in [-0.05, 0) is 24.3 Å². The van der Waals surface area contributed by atoms with Crippen LogP contribution >= 0.6 is 11.6 Å². The number of rotatable bonds is 2. The van der Waals surface area contributed by atoms with Gasteiger partial charge in [-0.15, -0.1) is 0 Å². The number of halogens is 4. The second-order valence-electron chi connectivity index (χ2n) is 4.52. The highest BCUT2D eigenvalue weighted by atomic mass is 35.5. The Bertz CT molecular complexity index is 926. The van der Waals surface area contributed by atoms with E-state index in [1.807, 2.05) is 0 Å². The molecule has 0 aliphatic rings. The highest BCUT2D eigenvalue weighted by molar-refractivity contribution is 6.31. The molecule has 23 heavy (non-hydrogen) atoms.